The Balaban J connectivity index is 1.50. The number of nitrogens with one attached hydrogen (secondary N) is 1. The van der Waals surface area contributed by atoms with Crippen molar-refractivity contribution in [3.63, 3.8) is 0 Å². The molecule has 1 aliphatic rings. The van der Waals surface area contributed by atoms with Crippen LogP contribution in [0.15, 0.2) is 42.5 Å². The van der Waals surface area contributed by atoms with Gasteiger partial charge in [-0.3, -0.25) is 9.59 Å². The number of halogens is 1. The topological polar surface area (TPSA) is 49.4 Å². The molecule has 0 radical (unpaired) electrons. The van der Waals surface area contributed by atoms with E-state index in [1.54, 1.807) is 17.0 Å². The van der Waals surface area contributed by atoms with Crippen molar-refractivity contribution in [3.8, 4) is 0 Å². The minimum absolute atomic E-state index is 0.0580. The molecule has 0 saturated carbocycles. The molecule has 2 amide bonds. The molecule has 0 aliphatic carbocycles. The molecule has 142 valence electrons. The standard InChI is InChI=1S/C22H25FN2O2/c1-15-7-8-18(16(2)13-15)21(26)24-14-17-9-11-25(12-10-17)22(27)19-5-3-4-6-20(19)23/h3-8,13,17H,9-12,14H2,1-2H3,(H,24,26). The summed E-state index contributed by atoms with van der Waals surface area (Å²) in [6.07, 6.45) is 1.60. The number of nitrogens with zero attached hydrogens (tertiary/aromatic N) is 1. The lowest BCUT2D eigenvalue weighted by Crippen LogP contribution is -2.41. The third-order valence-electron chi connectivity index (χ3n) is 5.18. The lowest BCUT2D eigenvalue weighted by molar-refractivity contribution is 0.0679. The largest absolute Gasteiger partial charge is 0.352 e. The van der Waals surface area contributed by atoms with Crippen LogP contribution in [0, 0.1) is 25.6 Å². The number of aryl methyl sites for hydroxylation is 2. The van der Waals surface area contributed by atoms with Crippen LogP contribution in [-0.2, 0) is 0 Å². The van der Waals surface area contributed by atoms with E-state index >= 15 is 0 Å². The van der Waals surface area contributed by atoms with Crippen molar-refractivity contribution in [2.24, 2.45) is 5.92 Å². The van der Waals surface area contributed by atoms with E-state index in [9.17, 15) is 14.0 Å². The summed E-state index contributed by atoms with van der Waals surface area (Å²) >= 11 is 0. The summed E-state index contributed by atoms with van der Waals surface area (Å²) in [7, 11) is 0. The van der Waals surface area contributed by atoms with Crippen LogP contribution in [0.25, 0.3) is 0 Å². The third-order valence-corrected chi connectivity index (χ3v) is 5.18. The van der Waals surface area contributed by atoms with Crippen molar-refractivity contribution in [2.45, 2.75) is 26.7 Å². The van der Waals surface area contributed by atoms with Gasteiger partial charge in [0, 0.05) is 25.2 Å². The van der Waals surface area contributed by atoms with E-state index in [1.165, 1.54) is 12.1 Å². The summed E-state index contributed by atoms with van der Waals surface area (Å²) in [6.45, 7) is 5.70. The number of rotatable bonds is 4. The molecule has 1 saturated heterocycles. The fourth-order valence-corrected chi connectivity index (χ4v) is 3.55. The Bertz CT molecular complexity index is 842. The first kappa shape index (κ1) is 19.1. The van der Waals surface area contributed by atoms with Crippen LogP contribution >= 0.6 is 0 Å². The summed E-state index contributed by atoms with van der Waals surface area (Å²) in [5.74, 6) is -0.474. The quantitative estimate of drug-likeness (QED) is 0.894. The van der Waals surface area contributed by atoms with Crippen molar-refractivity contribution < 1.29 is 14.0 Å². The second kappa shape index (κ2) is 8.33. The molecule has 1 N–H and O–H groups in total. The molecule has 2 aromatic rings. The first-order valence-corrected chi connectivity index (χ1v) is 9.35. The van der Waals surface area contributed by atoms with Gasteiger partial charge in [-0.1, -0.05) is 29.8 Å². The molecule has 0 bridgehead atoms. The van der Waals surface area contributed by atoms with Gasteiger partial charge in [-0.2, -0.15) is 0 Å². The Morgan fingerprint density at radius 3 is 2.44 bits per heavy atom. The Labute approximate surface area is 159 Å². The molecule has 3 rings (SSSR count). The van der Waals surface area contributed by atoms with Gasteiger partial charge in [0.25, 0.3) is 11.8 Å². The molecule has 4 nitrogen and oxygen atoms in total. The molecule has 0 unspecified atom stereocenters. The number of hydrogen-bond donors (Lipinski definition) is 1. The van der Waals surface area contributed by atoms with Gasteiger partial charge in [0.05, 0.1) is 5.56 Å². The van der Waals surface area contributed by atoms with E-state index < -0.39 is 5.82 Å². The second-order valence-electron chi connectivity index (χ2n) is 7.24. The number of amides is 2. The highest BCUT2D eigenvalue weighted by atomic mass is 19.1. The predicted molar refractivity (Wildman–Crippen MR) is 103 cm³/mol. The van der Waals surface area contributed by atoms with Crippen molar-refractivity contribution in [3.05, 3.63) is 70.5 Å². The van der Waals surface area contributed by atoms with E-state index in [2.05, 4.69) is 5.32 Å². The van der Waals surface area contributed by atoms with Crippen LogP contribution in [-0.4, -0.2) is 36.3 Å². The Hall–Kier alpha value is -2.69. The van der Waals surface area contributed by atoms with Gasteiger partial charge in [-0.05, 0) is 56.4 Å². The predicted octanol–water partition coefficient (Wildman–Crippen LogP) is 3.72. The van der Waals surface area contributed by atoms with Gasteiger partial charge in [0.15, 0.2) is 0 Å². The minimum Gasteiger partial charge on any atom is -0.352 e. The Kier molecular flexibility index (Phi) is 5.89. The lowest BCUT2D eigenvalue weighted by atomic mass is 9.96. The van der Waals surface area contributed by atoms with Crippen molar-refractivity contribution >= 4 is 11.8 Å². The highest BCUT2D eigenvalue weighted by molar-refractivity contribution is 5.96. The first-order valence-electron chi connectivity index (χ1n) is 9.35. The maximum Gasteiger partial charge on any atom is 0.256 e. The molecule has 27 heavy (non-hydrogen) atoms. The number of likely N-dealkylation sites (tertiary alicyclic amines) is 1. The van der Waals surface area contributed by atoms with Crippen molar-refractivity contribution in [2.75, 3.05) is 19.6 Å². The zero-order valence-corrected chi connectivity index (χ0v) is 15.8. The van der Waals surface area contributed by atoms with Crippen LogP contribution in [0.4, 0.5) is 4.39 Å². The van der Waals surface area contributed by atoms with E-state index in [4.69, 9.17) is 0 Å². The van der Waals surface area contributed by atoms with Gasteiger partial charge in [0.2, 0.25) is 0 Å². The summed E-state index contributed by atoms with van der Waals surface area (Å²) < 4.78 is 13.8. The third kappa shape index (κ3) is 4.54. The fourth-order valence-electron chi connectivity index (χ4n) is 3.55. The van der Waals surface area contributed by atoms with E-state index in [-0.39, 0.29) is 17.4 Å². The maximum atomic E-state index is 13.8. The lowest BCUT2D eigenvalue weighted by Gasteiger charge is -2.32. The molecule has 0 aromatic heterocycles. The summed E-state index contributed by atoms with van der Waals surface area (Å²) in [5.41, 5.74) is 2.93. The number of hydrogen-bond acceptors (Lipinski definition) is 2. The molecule has 1 fully saturated rings. The van der Waals surface area contributed by atoms with Crippen LogP contribution in [0.1, 0.15) is 44.7 Å². The Morgan fingerprint density at radius 2 is 1.78 bits per heavy atom. The number of piperidine rings is 1. The smallest absolute Gasteiger partial charge is 0.256 e. The molecular formula is C22H25FN2O2. The monoisotopic (exact) mass is 368 g/mol. The zero-order valence-electron chi connectivity index (χ0n) is 15.8. The average Bonchev–Trinajstić information content (AvgIpc) is 2.66. The van der Waals surface area contributed by atoms with Crippen LogP contribution < -0.4 is 5.32 Å². The summed E-state index contributed by atoms with van der Waals surface area (Å²) in [4.78, 5) is 26.6. The van der Waals surface area contributed by atoms with Gasteiger partial charge >= 0.3 is 0 Å². The summed E-state index contributed by atoms with van der Waals surface area (Å²) in [6, 6.07) is 11.9. The van der Waals surface area contributed by atoms with Gasteiger partial charge in [-0.25, -0.2) is 4.39 Å². The molecule has 5 heteroatoms. The average molecular weight is 368 g/mol. The van der Waals surface area contributed by atoms with Gasteiger partial charge < -0.3 is 10.2 Å². The zero-order chi connectivity index (χ0) is 19.4. The van der Waals surface area contributed by atoms with Gasteiger partial charge in [-0.15, -0.1) is 0 Å². The molecule has 0 spiro atoms. The van der Waals surface area contributed by atoms with Crippen LogP contribution in [0.5, 0.6) is 0 Å². The SMILES string of the molecule is Cc1ccc(C(=O)NCC2CCN(C(=O)c3ccccc3F)CC2)c(C)c1. The first-order chi connectivity index (χ1) is 13.0. The minimum atomic E-state index is -0.481. The highest BCUT2D eigenvalue weighted by Crippen LogP contribution is 2.20. The maximum absolute atomic E-state index is 13.8. The molecule has 0 atom stereocenters. The van der Waals surface area contributed by atoms with Crippen molar-refractivity contribution in [1.29, 1.82) is 0 Å². The van der Waals surface area contributed by atoms with E-state index in [1.807, 2.05) is 32.0 Å². The number of carbonyl (C=O) groups is 2. The fraction of sp³-hybridized carbons (Fsp3) is 0.364. The van der Waals surface area contributed by atoms with Crippen LogP contribution in [0.2, 0.25) is 0 Å². The highest BCUT2D eigenvalue weighted by Gasteiger charge is 2.25. The van der Waals surface area contributed by atoms with Gasteiger partial charge in [0.1, 0.15) is 5.82 Å². The van der Waals surface area contributed by atoms with Crippen LogP contribution in [0.3, 0.4) is 0 Å². The van der Waals surface area contributed by atoms with Crippen molar-refractivity contribution in [1.82, 2.24) is 10.2 Å². The summed E-state index contributed by atoms with van der Waals surface area (Å²) in [5, 5.41) is 3.01. The number of carbonyl (C=O) groups excluding carboxylic acids is 2. The molecule has 1 aliphatic heterocycles. The normalized spacial score (nSPS) is 14.9. The molecular weight excluding hydrogens is 343 g/mol. The second-order valence-corrected chi connectivity index (χ2v) is 7.24. The molecule has 1 heterocycles. The van der Waals surface area contributed by atoms with E-state index in [0.29, 0.717) is 31.1 Å². The molecule has 2 aromatic carbocycles. The Morgan fingerprint density at radius 1 is 1.07 bits per heavy atom. The number of benzene rings is 2. The van der Waals surface area contributed by atoms with E-state index in [0.717, 1.165) is 24.0 Å².